The van der Waals surface area contributed by atoms with Crippen LogP contribution in [0.2, 0.25) is 0 Å². The van der Waals surface area contributed by atoms with Gasteiger partial charge in [0.1, 0.15) is 0 Å². The average molecular weight is 273 g/mol. The Labute approximate surface area is 116 Å². The van der Waals surface area contributed by atoms with E-state index in [0.717, 1.165) is 37.8 Å². The molecule has 0 aliphatic carbocycles. The number of aromatic nitrogens is 2. The first-order valence-electron chi connectivity index (χ1n) is 6.60. The number of benzene rings is 1. The number of fused-ring (bicyclic) bond motifs is 1. The van der Waals surface area contributed by atoms with Crippen molar-refractivity contribution >= 4 is 17.5 Å². The van der Waals surface area contributed by atoms with Gasteiger partial charge in [-0.2, -0.15) is 4.98 Å². The lowest BCUT2D eigenvalue weighted by atomic mass is 10.0. The standard InChI is InChI=1S/C14H16FN5/c15-12-8-18-14(20-13(12)16)19-11-2-1-9-3-5-17-6-4-10(9)7-11/h1-2,7-8,17H,3-6H2,(H3,16,18,19,20). The van der Waals surface area contributed by atoms with Crippen LogP contribution >= 0.6 is 0 Å². The SMILES string of the molecule is Nc1nc(Nc2ccc3c(c2)CCNCC3)ncc1F. The predicted molar refractivity (Wildman–Crippen MR) is 76.4 cm³/mol. The van der Waals surface area contributed by atoms with Gasteiger partial charge in [-0.15, -0.1) is 0 Å². The molecule has 0 fully saturated rings. The van der Waals surface area contributed by atoms with Gasteiger partial charge in [-0.3, -0.25) is 0 Å². The van der Waals surface area contributed by atoms with Gasteiger partial charge in [0.15, 0.2) is 11.6 Å². The first-order valence-corrected chi connectivity index (χ1v) is 6.60. The van der Waals surface area contributed by atoms with Crippen molar-refractivity contribution in [2.24, 2.45) is 0 Å². The summed E-state index contributed by atoms with van der Waals surface area (Å²) in [6.07, 6.45) is 3.10. The minimum absolute atomic E-state index is 0.151. The highest BCUT2D eigenvalue weighted by molar-refractivity contribution is 5.57. The lowest BCUT2D eigenvalue weighted by Crippen LogP contribution is -2.16. The third kappa shape index (κ3) is 2.70. The third-order valence-corrected chi connectivity index (χ3v) is 3.38. The second kappa shape index (κ2) is 5.42. The van der Waals surface area contributed by atoms with Gasteiger partial charge in [0.05, 0.1) is 6.20 Å². The molecule has 6 heteroatoms. The number of rotatable bonds is 2. The lowest BCUT2D eigenvalue weighted by molar-refractivity contribution is 0.620. The van der Waals surface area contributed by atoms with Gasteiger partial charge < -0.3 is 16.4 Å². The second-order valence-electron chi connectivity index (χ2n) is 4.79. The fraction of sp³-hybridized carbons (Fsp3) is 0.286. The molecule has 0 radical (unpaired) electrons. The molecule has 2 aromatic rings. The summed E-state index contributed by atoms with van der Waals surface area (Å²) in [5.74, 6) is -0.458. The summed E-state index contributed by atoms with van der Waals surface area (Å²) in [7, 11) is 0. The predicted octanol–water partition coefficient (Wildman–Crippen LogP) is 1.63. The molecule has 20 heavy (non-hydrogen) atoms. The van der Waals surface area contributed by atoms with E-state index >= 15 is 0 Å². The molecule has 0 unspecified atom stereocenters. The van der Waals surface area contributed by atoms with Gasteiger partial charge in [0, 0.05) is 5.69 Å². The van der Waals surface area contributed by atoms with E-state index in [1.54, 1.807) is 0 Å². The van der Waals surface area contributed by atoms with Crippen LogP contribution in [0.4, 0.5) is 21.8 Å². The molecular formula is C14H16FN5. The van der Waals surface area contributed by atoms with Crippen molar-refractivity contribution < 1.29 is 4.39 Å². The van der Waals surface area contributed by atoms with Crippen LogP contribution in [0.3, 0.4) is 0 Å². The van der Waals surface area contributed by atoms with Crippen molar-refractivity contribution in [3.8, 4) is 0 Å². The molecule has 0 spiro atoms. The van der Waals surface area contributed by atoms with E-state index in [1.807, 2.05) is 6.07 Å². The van der Waals surface area contributed by atoms with E-state index in [2.05, 4.69) is 32.7 Å². The molecule has 4 N–H and O–H groups in total. The summed E-state index contributed by atoms with van der Waals surface area (Å²) in [5, 5.41) is 6.43. The van der Waals surface area contributed by atoms with Crippen molar-refractivity contribution in [2.45, 2.75) is 12.8 Å². The van der Waals surface area contributed by atoms with E-state index in [0.29, 0.717) is 5.95 Å². The molecule has 1 aliphatic heterocycles. The molecular weight excluding hydrogens is 257 g/mol. The fourth-order valence-corrected chi connectivity index (χ4v) is 2.32. The summed E-state index contributed by atoms with van der Waals surface area (Å²) in [4.78, 5) is 7.74. The number of nitrogens with one attached hydrogen (secondary N) is 2. The maximum atomic E-state index is 13.0. The Morgan fingerprint density at radius 2 is 2.00 bits per heavy atom. The molecule has 5 nitrogen and oxygen atoms in total. The maximum Gasteiger partial charge on any atom is 0.229 e. The molecule has 1 aromatic carbocycles. The van der Waals surface area contributed by atoms with Gasteiger partial charge in [-0.1, -0.05) is 6.07 Å². The van der Waals surface area contributed by atoms with E-state index in [9.17, 15) is 4.39 Å². The zero-order valence-electron chi connectivity index (χ0n) is 11.0. The minimum Gasteiger partial charge on any atom is -0.381 e. The Kier molecular flexibility index (Phi) is 3.47. The summed E-state index contributed by atoms with van der Waals surface area (Å²) >= 11 is 0. The number of anilines is 3. The van der Waals surface area contributed by atoms with E-state index in [-0.39, 0.29) is 5.82 Å². The molecule has 0 bridgehead atoms. The third-order valence-electron chi connectivity index (χ3n) is 3.38. The Morgan fingerprint density at radius 3 is 2.80 bits per heavy atom. The second-order valence-corrected chi connectivity index (χ2v) is 4.79. The van der Waals surface area contributed by atoms with Crippen LogP contribution in [0.5, 0.6) is 0 Å². The number of nitrogens with zero attached hydrogens (tertiary/aromatic N) is 2. The summed E-state index contributed by atoms with van der Waals surface area (Å²) < 4.78 is 13.0. The highest BCUT2D eigenvalue weighted by Gasteiger charge is 2.09. The maximum absolute atomic E-state index is 13.0. The van der Waals surface area contributed by atoms with Gasteiger partial charge in [-0.25, -0.2) is 9.37 Å². The Hall–Kier alpha value is -2.21. The normalized spacial score (nSPS) is 14.4. The minimum atomic E-state index is -0.608. The largest absolute Gasteiger partial charge is 0.381 e. The average Bonchev–Trinajstić information content (AvgIpc) is 2.68. The number of nitrogen functional groups attached to an aromatic ring is 1. The Balaban J connectivity index is 1.83. The van der Waals surface area contributed by atoms with Crippen LogP contribution in [-0.4, -0.2) is 23.1 Å². The molecule has 2 heterocycles. The van der Waals surface area contributed by atoms with E-state index < -0.39 is 5.82 Å². The first kappa shape index (κ1) is 12.8. The smallest absolute Gasteiger partial charge is 0.229 e. The van der Waals surface area contributed by atoms with Crippen LogP contribution in [0, 0.1) is 5.82 Å². The van der Waals surface area contributed by atoms with Crippen molar-refractivity contribution in [3.05, 3.63) is 41.3 Å². The topological polar surface area (TPSA) is 75.9 Å². The zero-order chi connectivity index (χ0) is 13.9. The lowest BCUT2D eigenvalue weighted by Gasteiger charge is -2.10. The highest BCUT2D eigenvalue weighted by Crippen LogP contribution is 2.21. The summed E-state index contributed by atoms with van der Waals surface area (Å²) in [6.45, 7) is 1.99. The van der Waals surface area contributed by atoms with Crippen LogP contribution < -0.4 is 16.4 Å². The first-order chi connectivity index (χ1) is 9.72. The number of hydrogen-bond acceptors (Lipinski definition) is 5. The molecule has 104 valence electrons. The summed E-state index contributed by atoms with van der Waals surface area (Å²) in [5.41, 5.74) is 8.99. The number of halogens is 1. The van der Waals surface area contributed by atoms with E-state index in [1.165, 1.54) is 11.1 Å². The van der Waals surface area contributed by atoms with Crippen molar-refractivity contribution in [3.63, 3.8) is 0 Å². The van der Waals surface area contributed by atoms with Crippen molar-refractivity contribution in [1.29, 1.82) is 0 Å². The molecule has 0 saturated carbocycles. The van der Waals surface area contributed by atoms with Gasteiger partial charge in [-0.05, 0) is 49.2 Å². The van der Waals surface area contributed by atoms with Gasteiger partial charge in [0.25, 0.3) is 0 Å². The van der Waals surface area contributed by atoms with Crippen LogP contribution in [0.15, 0.2) is 24.4 Å². The molecule has 1 aromatic heterocycles. The van der Waals surface area contributed by atoms with Crippen LogP contribution in [-0.2, 0) is 12.8 Å². The van der Waals surface area contributed by atoms with Crippen LogP contribution in [0.1, 0.15) is 11.1 Å². The van der Waals surface area contributed by atoms with Gasteiger partial charge in [0.2, 0.25) is 5.95 Å². The Bertz CT molecular complexity index is 629. The summed E-state index contributed by atoms with van der Waals surface area (Å²) in [6, 6.07) is 6.18. The van der Waals surface area contributed by atoms with E-state index in [4.69, 9.17) is 5.73 Å². The Morgan fingerprint density at radius 1 is 1.20 bits per heavy atom. The molecule has 3 rings (SSSR count). The molecule has 0 saturated heterocycles. The van der Waals surface area contributed by atoms with Crippen molar-refractivity contribution in [2.75, 3.05) is 24.1 Å². The van der Waals surface area contributed by atoms with Crippen LogP contribution in [0.25, 0.3) is 0 Å². The highest BCUT2D eigenvalue weighted by atomic mass is 19.1. The molecule has 1 aliphatic rings. The fourth-order valence-electron chi connectivity index (χ4n) is 2.32. The quantitative estimate of drug-likeness (QED) is 0.775. The van der Waals surface area contributed by atoms with Gasteiger partial charge >= 0.3 is 0 Å². The molecule has 0 atom stereocenters. The number of nitrogens with two attached hydrogens (primary N) is 1. The number of hydrogen-bond donors (Lipinski definition) is 3. The molecule has 0 amide bonds. The van der Waals surface area contributed by atoms with Crippen molar-refractivity contribution in [1.82, 2.24) is 15.3 Å². The monoisotopic (exact) mass is 273 g/mol. The zero-order valence-corrected chi connectivity index (χ0v) is 11.0.